The van der Waals surface area contributed by atoms with Crippen LogP contribution in [0.2, 0.25) is 0 Å². The average Bonchev–Trinajstić information content (AvgIpc) is 2.43. The molecule has 4 aliphatic rings. The minimum Gasteiger partial charge on any atom is -0.478 e. The molecule has 0 aromatic carbocycles. The Balaban J connectivity index is 0.000000282. The van der Waals surface area contributed by atoms with E-state index < -0.39 is 5.97 Å². The molecule has 4 aliphatic carbocycles. The van der Waals surface area contributed by atoms with Crippen molar-refractivity contribution in [1.82, 2.24) is 0 Å². The summed E-state index contributed by atoms with van der Waals surface area (Å²) in [4.78, 5) is 9.25. The molecule has 3 unspecified atom stereocenters. The minimum atomic E-state index is -0.981. The molecule has 120 valence electrons. The number of carboxylic acid groups (broad SMARTS) is 1. The molecule has 4 nitrogen and oxygen atoms in total. The van der Waals surface area contributed by atoms with Crippen LogP contribution in [0, 0.1) is 29.1 Å². The summed E-state index contributed by atoms with van der Waals surface area (Å²) in [6.45, 7) is 3.64. The van der Waals surface area contributed by atoms with Gasteiger partial charge in [0, 0.05) is 19.3 Å². The topological polar surface area (TPSA) is 77.8 Å². The third kappa shape index (κ3) is 3.49. The largest absolute Gasteiger partial charge is 0.478 e. The van der Waals surface area contributed by atoms with Gasteiger partial charge in [0.15, 0.2) is 0 Å². The van der Waals surface area contributed by atoms with Crippen molar-refractivity contribution in [1.29, 1.82) is 0 Å². The lowest BCUT2D eigenvalue weighted by Gasteiger charge is -2.61. The molecule has 4 fully saturated rings. The van der Waals surface area contributed by atoms with E-state index in [1.165, 1.54) is 32.1 Å². The van der Waals surface area contributed by atoms with E-state index in [1.807, 2.05) is 0 Å². The third-order valence-electron chi connectivity index (χ3n) is 5.91. The van der Waals surface area contributed by atoms with Crippen molar-refractivity contribution in [2.45, 2.75) is 44.9 Å². The molecule has 21 heavy (non-hydrogen) atoms. The summed E-state index contributed by atoms with van der Waals surface area (Å²) in [6, 6.07) is 0. The normalized spacial score (nSPS) is 39.5. The molecule has 0 spiro atoms. The second kappa shape index (κ2) is 6.93. The highest BCUT2D eigenvalue weighted by molar-refractivity contribution is 5.78. The Labute approximate surface area is 126 Å². The zero-order valence-electron chi connectivity index (χ0n) is 12.7. The lowest BCUT2D eigenvalue weighted by Crippen LogP contribution is -2.53. The number of aliphatic hydroxyl groups is 2. The molecule has 0 saturated heterocycles. The van der Waals surface area contributed by atoms with E-state index in [2.05, 4.69) is 6.58 Å². The molecule has 4 rings (SSSR count). The molecule has 0 amide bonds. The highest BCUT2D eigenvalue weighted by Gasteiger charge is 2.55. The van der Waals surface area contributed by atoms with Gasteiger partial charge >= 0.3 is 5.97 Å². The number of aliphatic hydroxyl groups excluding tert-OH is 2. The van der Waals surface area contributed by atoms with Crippen LogP contribution in [0.5, 0.6) is 0 Å². The van der Waals surface area contributed by atoms with Gasteiger partial charge in [-0.05, 0) is 74.0 Å². The Hall–Kier alpha value is -0.870. The molecular weight excluding hydrogens is 268 g/mol. The van der Waals surface area contributed by atoms with Crippen molar-refractivity contribution < 1.29 is 20.1 Å². The van der Waals surface area contributed by atoms with Gasteiger partial charge in [-0.2, -0.15) is 0 Å². The summed E-state index contributed by atoms with van der Waals surface area (Å²) in [5, 5.41) is 26.2. The van der Waals surface area contributed by atoms with Crippen LogP contribution < -0.4 is 0 Å². The van der Waals surface area contributed by atoms with Crippen LogP contribution in [0.4, 0.5) is 0 Å². The maximum Gasteiger partial charge on any atom is 0.327 e. The van der Waals surface area contributed by atoms with Crippen LogP contribution >= 0.6 is 0 Å². The maximum absolute atomic E-state index is 9.35. The molecule has 0 aromatic rings. The van der Waals surface area contributed by atoms with Gasteiger partial charge in [0.2, 0.25) is 0 Å². The van der Waals surface area contributed by atoms with E-state index in [-0.39, 0.29) is 0 Å². The zero-order chi connectivity index (χ0) is 15.5. The maximum atomic E-state index is 9.35. The SMILES string of the molecule is C=CC(=O)O.OCCC1C2CC3CC(C2)CC1(CCO)C3. The van der Waals surface area contributed by atoms with Crippen LogP contribution in [0.1, 0.15) is 44.9 Å². The molecule has 0 aliphatic heterocycles. The Morgan fingerprint density at radius 3 is 2.14 bits per heavy atom. The number of aliphatic carboxylic acids is 1. The molecule has 0 aromatic heterocycles. The summed E-state index contributed by atoms with van der Waals surface area (Å²) in [5.74, 6) is 2.48. The summed E-state index contributed by atoms with van der Waals surface area (Å²) in [7, 11) is 0. The molecule has 0 radical (unpaired) electrons. The van der Waals surface area contributed by atoms with Crippen molar-refractivity contribution in [3.63, 3.8) is 0 Å². The summed E-state index contributed by atoms with van der Waals surface area (Å²) in [5.41, 5.74) is 0.409. The number of carbonyl (C=O) groups is 1. The Kier molecular flexibility index (Phi) is 5.44. The number of hydrogen-bond acceptors (Lipinski definition) is 3. The van der Waals surface area contributed by atoms with E-state index in [0.717, 1.165) is 36.7 Å². The van der Waals surface area contributed by atoms with Crippen LogP contribution in [-0.2, 0) is 4.79 Å². The minimum absolute atomic E-state index is 0.337. The molecule has 4 heteroatoms. The van der Waals surface area contributed by atoms with Crippen LogP contribution in [0.25, 0.3) is 0 Å². The quantitative estimate of drug-likeness (QED) is 0.681. The van der Waals surface area contributed by atoms with Gasteiger partial charge in [-0.15, -0.1) is 0 Å². The number of rotatable bonds is 5. The monoisotopic (exact) mass is 296 g/mol. The highest BCUT2D eigenvalue weighted by Crippen LogP contribution is 2.64. The van der Waals surface area contributed by atoms with E-state index in [4.69, 9.17) is 5.11 Å². The molecule has 3 N–H and O–H groups in total. The first-order chi connectivity index (χ1) is 10.0. The van der Waals surface area contributed by atoms with Crippen molar-refractivity contribution in [2.24, 2.45) is 29.1 Å². The van der Waals surface area contributed by atoms with Crippen LogP contribution in [0.3, 0.4) is 0 Å². The van der Waals surface area contributed by atoms with Gasteiger partial charge in [-0.25, -0.2) is 4.79 Å². The second-order valence-corrected chi connectivity index (χ2v) is 7.10. The molecule has 0 heterocycles. The summed E-state index contributed by atoms with van der Waals surface area (Å²) < 4.78 is 0. The summed E-state index contributed by atoms with van der Waals surface area (Å²) >= 11 is 0. The first kappa shape index (κ1) is 16.5. The molecule has 4 bridgehead atoms. The fourth-order valence-corrected chi connectivity index (χ4v) is 5.61. The highest BCUT2D eigenvalue weighted by atomic mass is 16.4. The van der Waals surface area contributed by atoms with Gasteiger partial charge in [-0.1, -0.05) is 6.58 Å². The van der Waals surface area contributed by atoms with Crippen molar-refractivity contribution >= 4 is 5.97 Å². The van der Waals surface area contributed by atoms with Crippen molar-refractivity contribution in [2.75, 3.05) is 13.2 Å². The third-order valence-corrected chi connectivity index (χ3v) is 5.91. The lowest BCUT2D eigenvalue weighted by atomic mass is 9.44. The van der Waals surface area contributed by atoms with Gasteiger partial charge in [0.25, 0.3) is 0 Å². The van der Waals surface area contributed by atoms with Gasteiger partial charge in [-0.3, -0.25) is 0 Å². The van der Waals surface area contributed by atoms with Crippen molar-refractivity contribution in [3.05, 3.63) is 12.7 Å². The van der Waals surface area contributed by atoms with Crippen LogP contribution in [0.15, 0.2) is 12.7 Å². The first-order valence-corrected chi connectivity index (χ1v) is 8.11. The fraction of sp³-hybridized carbons (Fsp3) is 0.824. The van der Waals surface area contributed by atoms with Crippen LogP contribution in [-0.4, -0.2) is 34.5 Å². The van der Waals surface area contributed by atoms with E-state index >= 15 is 0 Å². The number of hydrogen-bond donors (Lipinski definition) is 3. The van der Waals surface area contributed by atoms with E-state index in [0.29, 0.717) is 24.5 Å². The smallest absolute Gasteiger partial charge is 0.327 e. The number of carboxylic acids is 1. The predicted octanol–water partition coefficient (Wildman–Crippen LogP) is 2.45. The van der Waals surface area contributed by atoms with E-state index in [9.17, 15) is 15.0 Å². The fourth-order valence-electron chi connectivity index (χ4n) is 5.61. The second-order valence-electron chi connectivity index (χ2n) is 7.10. The van der Waals surface area contributed by atoms with Gasteiger partial charge < -0.3 is 15.3 Å². The Morgan fingerprint density at radius 2 is 1.71 bits per heavy atom. The Bertz CT molecular complexity index is 365. The summed E-state index contributed by atoms with van der Waals surface area (Å²) in [6.07, 6.45) is 9.75. The first-order valence-electron chi connectivity index (χ1n) is 8.11. The standard InChI is InChI=1S/C14H24O2.C3H4O2/c15-3-1-13-12-6-10-5-11(7-12)9-14(13,8-10)2-4-16;1-2-3(4)5/h10-13,15-16H,1-9H2;2H,1H2,(H,4,5). The molecule has 4 saturated carbocycles. The Morgan fingerprint density at radius 1 is 1.14 bits per heavy atom. The molecular formula is C17H28O4. The zero-order valence-corrected chi connectivity index (χ0v) is 12.7. The van der Waals surface area contributed by atoms with Crippen molar-refractivity contribution in [3.8, 4) is 0 Å². The van der Waals surface area contributed by atoms with Gasteiger partial charge in [0.05, 0.1) is 0 Å². The van der Waals surface area contributed by atoms with E-state index in [1.54, 1.807) is 0 Å². The predicted molar refractivity (Wildman–Crippen MR) is 80.7 cm³/mol. The lowest BCUT2D eigenvalue weighted by molar-refractivity contribution is -0.131. The van der Waals surface area contributed by atoms with Gasteiger partial charge in [0.1, 0.15) is 0 Å². The molecule has 3 atom stereocenters. The average molecular weight is 296 g/mol.